The van der Waals surface area contributed by atoms with Crippen molar-refractivity contribution < 1.29 is 0 Å². The monoisotopic (exact) mass is 141 g/mol. The Balaban J connectivity index is 2.48. The van der Waals surface area contributed by atoms with E-state index in [1.807, 2.05) is 0 Å². The third kappa shape index (κ3) is 1.20. The first-order chi connectivity index (χ1) is 4.48. The van der Waals surface area contributed by atoms with Crippen LogP contribution in [0, 0.1) is 5.41 Å². The van der Waals surface area contributed by atoms with Crippen molar-refractivity contribution in [3.05, 3.63) is 0 Å². The molecule has 1 fully saturated rings. The lowest BCUT2D eigenvalue weighted by Gasteiger charge is -2.17. The van der Waals surface area contributed by atoms with E-state index >= 15 is 0 Å². The third-order valence-electron chi connectivity index (χ3n) is 2.50. The molecule has 0 saturated carbocycles. The van der Waals surface area contributed by atoms with E-state index in [1.165, 1.54) is 6.54 Å². The normalized spacial score (nSPS) is 39.9. The second-order valence-corrected chi connectivity index (χ2v) is 4.38. The summed E-state index contributed by atoms with van der Waals surface area (Å²) in [5.41, 5.74) is 0.482. The first-order valence-electron chi connectivity index (χ1n) is 4.24. The molecule has 0 N–H and O–H groups in total. The standard InChI is InChI=1S/C9H19N/c1-6-10-7(2)8(10)9(3,4)5/h7-8H,6H2,1-5H3. The summed E-state index contributed by atoms with van der Waals surface area (Å²) >= 11 is 0. The van der Waals surface area contributed by atoms with Gasteiger partial charge in [0.15, 0.2) is 0 Å². The zero-order valence-corrected chi connectivity index (χ0v) is 7.81. The molecule has 0 spiro atoms. The van der Waals surface area contributed by atoms with Gasteiger partial charge in [0.05, 0.1) is 0 Å². The minimum Gasteiger partial charge on any atom is -0.294 e. The van der Waals surface area contributed by atoms with Crippen molar-refractivity contribution in [3.8, 4) is 0 Å². The van der Waals surface area contributed by atoms with Gasteiger partial charge in [0.1, 0.15) is 0 Å². The van der Waals surface area contributed by atoms with Gasteiger partial charge in [-0.2, -0.15) is 0 Å². The number of hydrogen-bond acceptors (Lipinski definition) is 1. The fourth-order valence-electron chi connectivity index (χ4n) is 2.11. The molecular weight excluding hydrogens is 122 g/mol. The average molecular weight is 141 g/mol. The molecule has 3 unspecified atom stereocenters. The zero-order chi connectivity index (χ0) is 7.94. The average Bonchev–Trinajstić information content (AvgIpc) is 2.39. The molecule has 0 bridgehead atoms. The van der Waals surface area contributed by atoms with E-state index in [0.29, 0.717) is 5.41 Å². The van der Waals surface area contributed by atoms with E-state index in [4.69, 9.17) is 0 Å². The van der Waals surface area contributed by atoms with Gasteiger partial charge in [-0.3, -0.25) is 4.90 Å². The molecule has 1 saturated heterocycles. The van der Waals surface area contributed by atoms with Crippen molar-refractivity contribution in [3.63, 3.8) is 0 Å². The summed E-state index contributed by atoms with van der Waals surface area (Å²) in [5, 5.41) is 0. The van der Waals surface area contributed by atoms with E-state index in [2.05, 4.69) is 39.5 Å². The van der Waals surface area contributed by atoms with Gasteiger partial charge >= 0.3 is 0 Å². The lowest BCUT2D eigenvalue weighted by atomic mass is 9.90. The summed E-state index contributed by atoms with van der Waals surface area (Å²) in [6, 6.07) is 1.66. The molecule has 0 aliphatic carbocycles. The Labute approximate surface area is 64.4 Å². The number of likely N-dealkylation sites (N-methyl/N-ethyl adjacent to an activating group) is 1. The van der Waals surface area contributed by atoms with E-state index in [1.54, 1.807) is 0 Å². The number of rotatable bonds is 1. The predicted octanol–water partition coefficient (Wildman–Crippen LogP) is 2.13. The van der Waals surface area contributed by atoms with Gasteiger partial charge in [0.2, 0.25) is 0 Å². The maximum atomic E-state index is 2.54. The topological polar surface area (TPSA) is 3.01 Å². The molecule has 1 aliphatic rings. The number of nitrogens with zero attached hydrogens (tertiary/aromatic N) is 1. The first kappa shape index (κ1) is 8.06. The van der Waals surface area contributed by atoms with E-state index < -0.39 is 0 Å². The van der Waals surface area contributed by atoms with Gasteiger partial charge in [-0.15, -0.1) is 0 Å². The fourth-order valence-corrected chi connectivity index (χ4v) is 2.11. The van der Waals surface area contributed by atoms with Crippen molar-refractivity contribution in [2.75, 3.05) is 6.54 Å². The molecule has 0 radical (unpaired) electrons. The molecular formula is C9H19N. The van der Waals surface area contributed by atoms with E-state index in [0.717, 1.165) is 12.1 Å². The Hall–Kier alpha value is -0.0400. The molecule has 3 atom stereocenters. The zero-order valence-electron chi connectivity index (χ0n) is 7.81. The van der Waals surface area contributed by atoms with Crippen LogP contribution in [0.25, 0.3) is 0 Å². The molecule has 1 aliphatic heterocycles. The second kappa shape index (κ2) is 2.23. The lowest BCUT2D eigenvalue weighted by Crippen LogP contribution is -2.18. The lowest BCUT2D eigenvalue weighted by molar-refractivity contribution is 0.334. The molecule has 0 aromatic carbocycles. The van der Waals surface area contributed by atoms with Crippen LogP contribution in [0.1, 0.15) is 34.6 Å². The van der Waals surface area contributed by atoms with Crippen molar-refractivity contribution in [2.45, 2.75) is 46.7 Å². The van der Waals surface area contributed by atoms with Crippen LogP contribution < -0.4 is 0 Å². The van der Waals surface area contributed by atoms with Crippen LogP contribution in [-0.2, 0) is 0 Å². The molecule has 1 nitrogen and oxygen atoms in total. The maximum absolute atomic E-state index is 2.54. The summed E-state index contributed by atoms with van der Waals surface area (Å²) in [5.74, 6) is 0. The highest BCUT2D eigenvalue weighted by Gasteiger charge is 2.49. The molecule has 10 heavy (non-hydrogen) atoms. The fraction of sp³-hybridized carbons (Fsp3) is 1.00. The van der Waals surface area contributed by atoms with Gasteiger partial charge in [-0.1, -0.05) is 27.7 Å². The molecule has 0 aromatic heterocycles. The molecule has 1 heterocycles. The van der Waals surface area contributed by atoms with Gasteiger partial charge in [0.25, 0.3) is 0 Å². The summed E-state index contributed by atoms with van der Waals surface area (Å²) < 4.78 is 0. The van der Waals surface area contributed by atoms with Crippen LogP contribution in [0.5, 0.6) is 0 Å². The smallest absolute Gasteiger partial charge is 0.0300 e. The highest BCUT2D eigenvalue weighted by molar-refractivity contribution is 5.04. The minimum absolute atomic E-state index is 0.482. The molecule has 60 valence electrons. The van der Waals surface area contributed by atoms with Crippen LogP contribution in [-0.4, -0.2) is 23.5 Å². The molecule has 0 aromatic rings. The molecule has 0 amide bonds. The molecule has 1 heteroatoms. The Morgan fingerprint density at radius 3 is 1.90 bits per heavy atom. The second-order valence-electron chi connectivity index (χ2n) is 4.38. The van der Waals surface area contributed by atoms with Gasteiger partial charge < -0.3 is 0 Å². The Morgan fingerprint density at radius 1 is 1.30 bits per heavy atom. The van der Waals surface area contributed by atoms with Crippen LogP contribution in [0.3, 0.4) is 0 Å². The first-order valence-corrected chi connectivity index (χ1v) is 4.24. The third-order valence-corrected chi connectivity index (χ3v) is 2.50. The van der Waals surface area contributed by atoms with Crippen molar-refractivity contribution >= 4 is 0 Å². The highest BCUT2D eigenvalue weighted by Crippen LogP contribution is 2.40. The van der Waals surface area contributed by atoms with Crippen molar-refractivity contribution in [1.29, 1.82) is 0 Å². The summed E-state index contributed by atoms with van der Waals surface area (Å²) in [6.45, 7) is 12.7. The van der Waals surface area contributed by atoms with Gasteiger partial charge in [0, 0.05) is 12.1 Å². The van der Waals surface area contributed by atoms with Crippen LogP contribution >= 0.6 is 0 Å². The Morgan fingerprint density at radius 2 is 1.80 bits per heavy atom. The Kier molecular flexibility index (Phi) is 1.80. The van der Waals surface area contributed by atoms with Crippen LogP contribution in [0.4, 0.5) is 0 Å². The predicted molar refractivity (Wildman–Crippen MR) is 45.1 cm³/mol. The molecule has 1 rings (SSSR count). The van der Waals surface area contributed by atoms with Crippen molar-refractivity contribution in [2.24, 2.45) is 5.41 Å². The quantitative estimate of drug-likeness (QED) is 0.505. The Bertz CT molecular complexity index is 123. The minimum atomic E-state index is 0.482. The summed E-state index contributed by atoms with van der Waals surface area (Å²) in [7, 11) is 0. The maximum Gasteiger partial charge on any atom is 0.0300 e. The van der Waals surface area contributed by atoms with Crippen LogP contribution in [0.2, 0.25) is 0 Å². The highest BCUT2D eigenvalue weighted by atomic mass is 15.3. The summed E-state index contributed by atoms with van der Waals surface area (Å²) in [6.07, 6.45) is 0. The van der Waals surface area contributed by atoms with Crippen molar-refractivity contribution in [1.82, 2.24) is 4.90 Å². The van der Waals surface area contributed by atoms with Gasteiger partial charge in [-0.25, -0.2) is 0 Å². The summed E-state index contributed by atoms with van der Waals surface area (Å²) in [4.78, 5) is 2.54. The van der Waals surface area contributed by atoms with Gasteiger partial charge in [-0.05, 0) is 18.9 Å². The van der Waals surface area contributed by atoms with E-state index in [-0.39, 0.29) is 0 Å². The van der Waals surface area contributed by atoms with E-state index in [9.17, 15) is 0 Å². The SMILES string of the molecule is CCN1C(C)C1C(C)(C)C. The largest absolute Gasteiger partial charge is 0.294 e. The van der Waals surface area contributed by atoms with Crippen LogP contribution in [0.15, 0.2) is 0 Å². The number of hydrogen-bond donors (Lipinski definition) is 0.